The van der Waals surface area contributed by atoms with Gasteiger partial charge in [-0.15, -0.1) is 0 Å². The molecule has 0 spiro atoms. The highest BCUT2D eigenvalue weighted by atomic mass is 19.1. The quantitative estimate of drug-likeness (QED) is 0.439. The van der Waals surface area contributed by atoms with Gasteiger partial charge in [0.25, 0.3) is 0 Å². The fourth-order valence-electron chi connectivity index (χ4n) is 4.85. The summed E-state index contributed by atoms with van der Waals surface area (Å²) in [6.07, 6.45) is -0.473. The summed E-state index contributed by atoms with van der Waals surface area (Å²) in [5.74, 6) is 0.679. The standard InChI is InChI=1S/C29H28FNO5/c1-18-25-14-23(32)7-10-26(25)36-28(27(18)21-3-2-4-22(13-21)29(33)34)20-5-8-24(9-6-20)35-12-11-31-16-19(15-30)17-31/h2-10,13-14,19,28,32H,11-12,15-17H2,1H3,(H,33,34). The third-order valence-electron chi connectivity index (χ3n) is 6.81. The Labute approximate surface area is 209 Å². The highest BCUT2D eigenvalue weighted by molar-refractivity contribution is 5.97. The maximum absolute atomic E-state index is 12.6. The molecule has 2 heterocycles. The van der Waals surface area contributed by atoms with Crippen LogP contribution in [0.15, 0.2) is 66.7 Å². The van der Waals surface area contributed by atoms with Gasteiger partial charge >= 0.3 is 5.97 Å². The van der Waals surface area contributed by atoms with Crippen LogP contribution in [0.25, 0.3) is 11.1 Å². The van der Waals surface area contributed by atoms with E-state index in [0.29, 0.717) is 12.4 Å². The number of phenolic OH excluding ortho intramolecular Hbond substituents is 1. The molecular formula is C29H28FNO5. The highest BCUT2D eigenvalue weighted by Crippen LogP contribution is 2.47. The summed E-state index contributed by atoms with van der Waals surface area (Å²) < 4.78 is 24.9. The molecule has 1 fully saturated rings. The number of phenols is 1. The molecule has 1 saturated heterocycles. The van der Waals surface area contributed by atoms with Gasteiger partial charge in [-0.05, 0) is 66.1 Å². The van der Waals surface area contributed by atoms with Crippen LogP contribution in [-0.4, -0.2) is 54.0 Å². The first kappa shape index (κ1) is 23.9. The zero-order chi connectivity index (χ0) is 25.2. The van der Waals surface area contributed by atoms with Gasteiger partial charge in [0.15, 0.2) is 0 Å². The van der Waals surface area contributed by atoms with Crippen LogP contribution in [0.5, 0.6) is 17.2 Å². The maximum atomic E-state index is 12.6. The second-order valence-corrected chi connectivity index (χ2v) is 9.30. The predicted molar refractivity (Wildman–Crippen MR) is 135 cm³/mol. The van der Waals surface area contributed by atoms with Crippen LogP contribution in [0.3, 0.4) is 0 Å². The zero-order valence-corrected chi connectivity index (χ0v) is 20.0. The maximum Gasteiger partial charge on any atom is 0.335 e. The summed E-state index contributed by atoms with van der Waals surface area (Å²) in [6, 6.07) is 19.5. The average Bonchev–Trinajstić information content (AvgIpc) is 2.86. The molecule has 2 aliphatic rings. The van der Waals surface area contributed by atoms with E-state index < -0.39 is 12.1 Å². The molecule has 0 aliphatic carbocycles. The van der Waals surface area contributed by atoms with E-state index in [1.165, 1.54) is 0 Å². The van der Waals surface area contributed by atoms with Crippen LogP contribution < -0.4 is 9.47 Å². The van der Waals surface area contributed by atoms with Crippen LogP contribution in [-0.2, 0) is 0 Å². The molecule has 0 saturated carbocycles. The Balaban J connectivity index is 1.41. The minimum absolute atomic E-state index is 0.133. The number of benzene rings is 3. The van der Waals surface area contributed by atoms with E-state index >= 15 is 0 Å². The van der Waals surface area contributed by atoms with Crippen LogP contribution in [0.4, 0.5) is 4.39 Å². The summed E-state index contributed by atoms with van der Waals surface area (Å²) in [6.45, 7) is 4.56. The summed E-state index contributed by atoms with van der Waals surface area (Å²) in [7, 11) is 0. The number of likely N-dealkylation sites (tertiary alicyclic amines) is 1. The van der Waals surface area contributed by atoms with Crippen molar-refractivity contribution in [2.24, 2.45) is 5.92 Å². The topological polar surface area (TPSA) is 79.2 Å². The molecule has 2 aliphatic heterocycles. The van der Waals surface area contributed by atoms with Gasteiger partial charge in [-0.1, -0.05) is 24.3 Å². The molecule has 6 nitrogen and oxygen atoms in total. The molecule has 7 heteroatoms. The number of ether oxygens (including phenoxy) is 2. The van der Waals surface area contributed by atoms with Crippen molar-refractivity contribution in [1.29, 1.82) is 0 Å². The van der Waals surface area contributed by atoms with Crippen molar-refractivity contribution in [2.75, 3.05) is 32.9 Å². The van der Waals surface area contributed by atoms with Gasteiger partial charge in [0.2, 0.25) is 0 Å². The van der Waals surface area contributed by atoms with Gasteiger partial charge in [0, 0.05) is 36.7 Å². The fraction of sp³-hybridized carbons (Fsp3) is 0.276. The Morgan fingerprint density at radius 3 is 2.61 bits per heavy atom. The molecule has 3 aromatic carbocycles. The minimum atomic E-state index is -0.999. The van der Waals surface area contributed by atoms with Crippen molar-refractivity contribution in [2.45, 2.75) is 13.0 Å². The number of allylic oxidation sites excluding steroid dienone is 1. The van der Waals surface area contributed by atoms with Crippen LogP contribution in [0.2, 0.25) is 0 Å². The number of nitrogens with zero attached hydrogens (tertiary/aromatic N) is 1. The second-order valence-electron chi connectivity index (χ2n) is 9.30. The van der Waals surface area contributed by atoms with Crippen molar-refractivity contribution in [3.05, 3.63) is 89.0 Å². The third-order valence-corrected chi connectivity index (χ3v) is 6.81. The first-order valence-electron chi connectivity index (χ1n) is 12.0. The average molecular weight is 490 g/mol. The molecule has 0 aromatic heterocycles. The lowest BCUT2D eigenvalue weighted by Crippen LogP contribution is -2.49. The highest BCUT2D eigenvalue weighted by Gasteiger charge is 2.30. The van der Waals surface area contributed by atoms with Crippen molar-refractivity contribution in [3.8, 4) is 17.2 Å². The Morgan fingerprint density at radius 2 is 1.89 bits per heavy atom. The number of aromatic hydroxyl groups is 1. The van der Waals surface area contributed by atoms with Gasteiger partial charge in [0.05, 0.1) is 12.2 Å². The van der Waals surface area contributed by atoms with Crippen LogP contribution in [0.1, 0.15) is 40.1 Å². The number of hydrogen-bond acceptors (Lipinski definition) is 5. The molecule has 5 rings (SSSR count). The van der Waals surface area contributed by atoms with Crippen LogP contribution >= 0.6 is 0 Å². The van der Waals surface area contributed by atoms with Gasteiger partial charge in [-0.3, -0.25) is 9.29 Å². The predicted octanol–water partition coefficient (Wildman–Crippen LogP) is 5.43. The number of rotatable bonds is 8. The molecule has 2 N–H and O–H groups in total. The fourth-order valence-corrected chi connectivity index (χ4v) is 4.85. The minimum Gasteiger partial charge on any atom is -0.508 e. The smallest absolute Gasteiger partial charge is 0.335 e. The number of carbonyl (C=O) groups is 1. The molecule has 0 amide bonds. The number of halogens is 1. The van der Waals surface area contributed by atoms with E-state index in [2.05, 4.69) is 4.90 Å². The summed E-state index contributed by atoms with van der Waals surface area (Å²) in [5, 5.41) is 19.6. The SMILES string of the molecule is CC1=C(c2cccc(C(=O)O)c2)C(c2ccc(OCCN3CC(CF)C3)cc2)Oc2ccc(O)cc21. The number of carboxylic acid groups (broad SMARTS) is 1. The zero-order valence-electron chi connectivity index (χ0n) is 20.0. The normalized spacial score (nSPS) is 17.8. The second kappa shape index (κ2) is 10.0. The third kappa shape index (κ3) is 4.79. The molecule has 0 bridgehead atoms. The lowest BCUT2D eigenvalue weighted by molar-refractivity contribution is 0.0668. The first-order valence-corrected chi connectivity index (χ1v) is 12.0. The molecule has 1 unspecified atom stereocenters. The monoisotopic (exact) mass is 489 g/mol. The molecular weight excluding hydrogens is 461 g/mol. The Morgan fingerprint density at radius 1 is 1.11 bits per heavy atom. The largest absolute Gasteiger partial charge is 0.508 e. The van der Waals surface area contributed by atoms with Gasteiger partial charge < -0.3 is 19.7 Å². The van der Waals surface area contributed by atoms with Crippen molar-refractivity contribution in [1.82, 2.24) is 4.90 Å². The number of aromatic carboxylic acids is 1. The van der Waals surface area contributed by atoms with Gasteiger partial charge in [-0.2, -0.15) is 0 Å². The van der Waals surface area contributed by atoms with Crippen LogP contribution in [0, 0.1) is 5.92 Å². The van der Waals surface area contributed by atoms with Crippen molar-refractivity contribution in [3.63, 3.8) is 0 Å². The summed E-state index contributed by atoms with van der Waals surface area (Å²) in [5.41, 5.74) is 4.34. The molecule has 1 atom stereocenters. The number of carboxylic acids is 1. The molecule has 186 valence electrons. The molecule has 0 radical (unpaired) electrons. The summed E-state index contributed by atoms with van der Waals surface area (Å²) in [4.78, 5) is 13.8. The number of fused-ring (bicyclic) bond motifs is 1. The van der Waals surface area contributed by atoms with Crippen molar-refractivity contribution < 1.29 is 28.9 Å². The summed E-state index contributed by atoms with van der Waals surface area (Å²) >= 11 is 0. The molecule has 36 heavy (non-hydrogen) atoms. The Kier molecular flexibility index (Phi) is 6.65. The van der Waals surface area contributed by atoms with E-state index in [9.17, 15) is 19.4 Å². The molecule has 3 aromatic rings. The lowest BCUT2D eigenvalue weighted by atomic mass is 9.85. The van der Waals surface area contributed by atoms with Gasteiger partial charge in [-0.25, -0.2) is 4.79 Å². The lowest BCUT2D eigenvalue weighted by Gasteiger charge is -2.37. The first-order chi connectivity index (χ1) is 17.4. The van der Waals surface area contributed by atoms with Gasteiger partial charge in [0.1, 0.15) is 30.0 Å². The Bertz CT molecular complexity index is 1300. The van der Waals surface area contributed by atoms with E-state index in [4.69, 9.17) is 9.47 Å². The van der Waals surface area contributed by atoms with E-state index in [1.807, 2.05) is 37.3 Å². The van der Waals surface area contributed by atoms with E-state index in [0.717, 1.165) is 53.2 Å². The van der Waals surface area contributed by atoms with Crippen molar-refractivity contribution >= 4 is 17.1 Å². The Hall–Kier alpha value is -3.84. The van der Waals surface area contributed by atoms with E-state index in [-0.39, 0.29) is 23.9 Å². The number of alkyl halides is 1. The number of hydrogen-bond donors (Lipinski definition) is 2. The van der Waals surface area contributed by atoms with E-state index in [1.54, 1.807) is 36.4 Å².